The lowest BCUT2D eigenvalue weighted by atomic mass is 10.1. The van der Waals surface area contributed by atoms with Crippen LogP contribution in [0.5, 0.6) is 0 Å². The summed E-state index contributed by atoms with van der Waals surface area (Å²) in [5.41, 5.74) is 4.80. The predicted octanol–water partition coefficient (Wildman–Crippen LogP) is 6.75. The number of hydrogen-bond acceptors (Lipinski definition) is 8. The Morgan fingerprint density at radius 1 is 1.13 bits per heavy atom. The molecule has 3 aromatic heterocycles. The first-order chi connectivity index (χ1) is 18.0. The first kappa shape index (κ1) is 27.2. The first-order valence-electron chi connectivity index (χ1n) is 12.3. The highest BCUT2D eigenvalue weighted by atomic mass is 32.1. The number of anilines is 2. The Labute approximate surface area is 228 Å². The predicted molar refractivity (Wildman–Crippen MR) is 153 cm³/mol. The Kier molecular flexibility index (Phi) is 7.79. The molecule has 4 aromatic rings. The Bertz CT molecular complexity index is 1520. The standard InChI is InChI=1S/C28H31N7OSSi/c1-19-15-25(35-12-9-24(34-35)27-31-11-14-37-27)22(10-13-36-38(5,6)28(2,3)4)26(32-19)33-23-8-7-20(17-29)16-21(23)18-30/h7-9,11-12,14-16H,10,13H2,1-6H3,(H,32,33). The molecule has 0 bridgehead atoms. The molecule has 0 atom stereocenters. The van der Waals surface area contributed by atoms with E-state index in [4.69, 9.17) is 14.5 Å². The molecule has 1 N–H and O–H groups in total. The summed E-state index contributed by atoms with van der Waals surface area (Å²) in [5, 5.41) is 30.0. The summed E-state index contributed by atoms with van der Waals surface area (Å²) in [4.78, 5) is 9.20. The number of nitrogens with zero attached hydrogens (tertiary/aromatic N) is 6. The molecule has 3 heterocycles. The van der Waals surface area contributed by atoms with Crippen molar-refractivity contribution in [2.75, 3.05) is 11.9 Å². The average Bonchev–Trinajstić information content (AvgIpc) is 3.57. The molecule has 0 aliphatic rings. The zero-order chi connectivity index (χ0) is 27.5. The summed E-state index contributed by atoms with van der Waals surface area (Å²) in [7, 11) is -1.96. The third-order valence-electron chi connectivity index (χ3n) is 6.86. The number of thiazole rings is 1. The minimum absolute atomic E-state index is 0.0945. The highest BCUT2D eigenvalue weighted by Crippen LogP contribution is 2.37. The van der Waals surface area contributed by atoms with Crippen LogP contribution in [0.4, 0.5) is 11.5 Å². The SMILES string of the molecule is Cc1cc(-n2ccc(-c3nccs3)n2)c(CCO[Si](C)(C)C(C)(C)C)c(Nc2ccc(C#N)cc2C#N)n1. The zero-order valence-corrected chi connectivity index (χ0v) is 24.3. The average molecular weight is 542 g/mol. The van der Waals surface area contributed by atoms with Crippen molar-refractivity contribution >= 4 is 31.2 Å². The van der Waals surface area contributed by atoms with Crippen LogP contribution >= 0.6 is 11.3 Å². The number of nitriles is 2. The van der Waals surface area contributed by atoms with Gasteiger partial charge in [0.25, 0.3) is 0 Å². The van der Waals surface area contributed by atoms with Gasteiger partial charge in [0.15, 0.2) is 8.32 Å². The van der Waals surface area contributed by atoms with E-state index in [9.17, 15) is 10.5 Å². The molecule has 4 rings (SSSR count). The number of aryl methyl sites for hydroxylation is 1. The van der Waals surface area contributed by atoms with Crippen molar-refractivity contribution in [3.8, 4) is 28.5 Å². The third kappa shape index (κ3) is 5.84. The van der Waals surface area contributed by atoms with Gasteiger partial charge in [-0.3, -0.25) is 0 Å². The molecule has 0 amide bonds. The van der Waals surface area contributed by atoms with E-state index in [-0.39, 0.29) is 5.04 Å². The lowest BCUT2D eigenvalue weighted by Gasteiger charge is -2.36. The van der Waals surface area contributed by atoms with Crippen molar-refractivity contribution in [3.63, 3.8) is 0 Å². The first-order valence-corrected chi connectivity index (χ1v) is 16.1. The fourth-order valence-electron chi connectivity index (χ4n) is 3.73. The number of benzene rings is 1. The van der Waals surface area contributed by atoms with Gasteiger partial charge in [-0.1, -0.05) is 20.8 Å². The third-order valence-corrected chi connectivity index (χ3v) is 12.2. The van der Waals surface area contributed by atoms with Crippen molar-refractivity contribution in [1.82, 2.24) is 19.7 Å². The van der Waals surface area contributed by atoms with Gasteiger partial charge in [-0.05, 0) is 55.4 Å². The van der Waals surface area contributed by atoms with Crippen molar-refractivity contribution in [2.45, 2.75) is 52.2 Å². The van der Waals surface area contributed by atoms with Crippen LogP contribution in [0.1, 0.15) is 43.2 Å². The lowest BCUT2D eigenvalue weighted by molar-refractivity contribution is 0.292. The minimum Gasteiger partial charge on any atom is -0.416 e. The molecule has 0 radical (unpaired) electrons. The van der Waals surface area contributed by atoms with E-state index in [1.165, 1.54) is 0 Å². The molecular weight excluding hydrogens is 511 g/mol. The van der Waals surface area contributed by atoms with Gasteiger partial charge < -0.3 is 9.74 Å². The Morgan fingerprint density at radius 3 is 2.58 bits per heavy atom. The molecule has 0 saturated carbocycles. The summed E-state index contributed by atoms with van der Waals surface area (Å²) >= 11 is 1.54. The fourth-order valence-corrected chi connectivity index (χ4v) is 5.37. The Balaban J connectivity index is 1.77. The molecule has 194 valence electrons. The maximum Gasteiger partial charge on any atom is 0.191 e. The fraction of sp³-hybridized carbons (Fsp3) is 0.321. The Morgan fingerprint density at radius 2 is 1.92 bits per heavy atom. The number of nitrogens with one attached hydrogen (secondary N) is 1. The van der Waals surface area contributed by atoms with E-state index in [1.807, 2.05) is 35.3 Å². The largest absolute Gasteiger partial charge is 0.416 e. The summed E-state index contributed by atoms with van der Waals surface area (Å²) in [5.74, 6) is 0.631. The van der Waals surface area contributed by atoms with Gasteiger partial charge in [-0.15, -0.1) is 11.3 Å². The van der Waals surface area contributed by atoms with Crippen molar-refractivity contribution in [3.05, 3.63) is 70.5 Å². The van der Waals surface area contributed by atoms with E-state index in [0.29, 0.717) is 35.7 Å². The van der Waals surface area contributed by atoms with Gasteiger partial charge >= 0.3 is 0 Å². The topological polar surface area (TPSA) is 112 Å². The van der Waals surface area contributed by atoms with Gasteiger partial charge in [-0.25, -0.2) is 14.6 Å². The van der Waals surface area contributed by atoms with Crippen LogP contribution < -0.4 is 5.32 Å². The van der Waals surface area contributed by atoms with Crippen LogP contribution in [0.2, 0.25) is 18.1 Å². The number of rotatable bonds is 8. The minimum atomic E-state index is -1.96. The van der Waals surface area contributed by atoms with Crippen LogP contribution in [0.25, 0.3) is 16.4 Å². The highest BCUT2D eigenvalue weighted by molar-refractivity contribution is 7.13. The molecule has 38 heavy (non-hydrogen) atoms. The molecule has 0 fully saturated rings. The highest BCUT2D eigenvalue weighted by Gasteiger charge is 2.37. The van der Waals surface area contributed by atoms with Crippen LogP contribution in [0, 0.1) is 29.6 Å². The molecular formula is C28H31N7OSSi. The molecule has 0 saturated heterocycles. The summed E-state index contributed by atoms with van der Waals surface area (Å²) < 4.78 is 8.37. The molecule has 0 aliphatic carbocycles. The molecule has 1 aromatic carbocycles. The second-order valence-corrected chi connectivity index (χ2v) is 16.3. The molecule has 0 unspecified atom stereocenters. The zero-order valence-electron chi connectivity index (χ0n) is 22.5. The van der Waals surface area contributed by atoms with E-state index < -0.39 is 8.32 Å². The van der Waals surface area contributed by atoms with E-state index in [2.05, 4.69) is 56.3 Å². The van der Waals surface area contributed by atoms with E-state index >= 15 is 0 Å². The van der Waals surface area contributed by atoms with E-state index in [1.54, 1.807) is 35.7 Å². The summed E-state index contributed by atoms with van der Waals surface area (Å²) in [6, 6.07) is 13.2. The summed E-state index contributed by atoms with van der Waals surface area (Å²) in [6.45, 7) is 13.6. The van der Waals surface area contributed by atoms with Crippen molar-refractivity contribution in [1.29, 1.82) is 10.5 Å². The Hall–Kier alpha value is -3.83. The van der Waals surface area contributed by atoms with E-state index in [0.717, 1.165) is 27.6 Å². The van der Waals surface area contributed by atoms with Gasteiger partial charge in [-0.2, -0.15) is 15.6 Å². The van der Waals surface area contributed by atoms with Crippen molar-refractivity contribution in [2.24, 2.45) is 0 Å². The number of aromatic nitrogens is 4. The second kappa shape index (κ2) is 10.9. The van der Waals surface area contributed by atoms with Crippen LogP contribution in [-0.2, 0) is 10.8 Å². The second-order valence-electron chi connectivity index (χ2n) is 10.6. The summed E-state index contributed by atoms with van der Waals surface area (Å²) in [6.07, 6.45) is 4.30. The molecule has 10 heteroatoms. The monoisotopic (exact) mass is 541 g/mol. The van der Waals surface area contributed by atoms with Gasteiger partial charge in [0.05, 0.1) is 28.6 Å². The molecule has 8 nitrogen and oxygen atoms in total. The maximum atomic E-state index is 9.72. The molecule has 0 aliphatic heterocycles. The smallest absolute Gasteiger partial charge is 0.191 e. The quantitative estimate of drug-likeness (QED) is 0.245. The lowest BCUT2D eigenvalue weighted by Crippen LogP contribution is -2.41. The number of hydrogen-bond donors (Lipinski definition) is 1. The van der Waals surface area contributed by atoms with Gasteiger partial charge in [0.2, 0.25) is 0 Å². The van der Waals surface area contributed by atoms with Crippen molar-refractivity contribution < 1.29 is 4.43 Å². The van der Waals surface area contributed by atoms with Crippen LogP contribution in [0.3, 0.4) is 0 Å². The normalized spacial score (nSPS) is 11.7. The molecule has 0 spiro atoms. The van der Waals surface area contributed by atoms with Crippen LogP contribution in [0.15, 0.2) is 48.1 Å². The number of pyridine rings is 1. The van der Waals surface area contributed by atoms with Crippen LogP contribution in [-0.4, -0.2) is 34.7 Å². The van der Waals surface area contributed by atoms with Gasteiger partial charge in [0, 0.05) is 42.1 Å². The van der Waals surface area contributed by atoms with Gasteiger partial charge in [0.1, 0.15) is 22.6 Å². The maximum absolute atomic E-state index is 9.72.